The lowest BCUT2D eigenvalue weighted by Crippen LogP contribution is -2.29. The van der Waals surface area contributed by atoms with Crippen molar-refractivity contribution in [3.05, 3.63) is 11.8 Å². The fraction of sp³-hybridized carbons (Fsp3) is 0.833. The van der Waals surface area contributed by atoms with Gasteiger partial charge >= 0.3 is 0 Å². The number of hydrogen-bond donors (Lipinski definition) is 1. The first-order chi connectivity index (χ1) is 7.84. The van der Waals surface area contributed by atoms with Crippen LogP contribution in [0.1, 0.15) is 56.7 Å². The summed E-state index contributed by atoms with van der Waals surface area (Å²) >= 11 is 0. The third-order valence-corrected chi connectivity index (χ3v) is 3.22. The molecule has 0 aliphatic heterocycles. The molecule has 0 atom stereocenters. The molecule has 0 aromatic carbocycles. The topological polar surface area (TPSA) is 51.0 Å². The fourth-order valence-electron chi connectivity index (χ4n) is 2.30. The molecule has 1 N–H and O–H groups in total. The lowest BCUT2D eigenvalue weighted by molar-refractivity contribution is 0.363. The van der Waals surface area contributed by atoms with E-state index < -0.39 is 0 Å². The van der Waals surface area contributed by atoms with Gasteiger partial charge in [-0.15, -0.1) is 10.2 Å². The summed E-state index contributed by atoms with van der Waals surface area (Å²) in [6.07, 6.45) is 9.45. The van der Waals surface area contributed by atoms with Gasteiger partial charge in [-0.3, -0.25) is 0 Å². The summed E-state index contributed by atoms with van der Waals surface area (Å²) in [4.78, 5) is 0. The van der Waals surface area contributed by atoms with Crippen molar-refractivity contribution in [2.45, 2.75) is 64.5 Å². The van der Waals surface area contributed by atoms with Crippen LogP contribution in [0.25, 0.3) is 0 Å². The Hall–Kier alpha value is -0.900. The van der Waals surface area contributed by atoms with E-state index in [0.717, 1.165) is 0 Å². The molecular weight excluding hydrogens is 202 g/mol. The van der Waals surface area contributed by atoms with Gasteiger partial charge in [0.2, 0.25) is 11.8 Å². The zero-order valence-corrected chi connectivity index (χ0v) is 10.0. The highest BCUT2D eigenvalue weighted by molar-refractivity contribution is 4.80. The molecule has 1 heterocycles. The zero-order valence-electron chi connectivity index (χ0n) is 10.0. The minimum atomic E-state index is 0.632. The molecule has 90 valence electrons. The van der Waals surface area contributed by atoms with E-state index in [1.165, 1.54) is 44.9 Å². The minimum Gasteiger partial charge on any atom is -0.424 e. The van der Waals surface area contributed by atoms with E-state index in [1.54, 1.807) is 0 Å². The SMILES string of the molecule is Cc1nnc(CNC2CCCCCCC2)o1. The van der Waals surface area contributed by atoms with Gasteiger partial charge in [0.05, 0.1) is 6.54 Å². The number of nitrogens with one attached hydrogen (secondary N) is 1. The molecule has 0 saturated heterocycles. The number of hydrogen-bond acceptors (Lipinski definition) is 4. The second-order valence-corrected chi connectivity index (χ2v) is 4.64. The summed E-state index contributed by atoms with van der Waals surface area (Å²) in [6, 6.07) is 0.632. The Morgan fingerprint density at radius 3 is 2.44 bits per heavy atom. The van der Waals surface area contributed by atoms with Gasteiger partial charge in [-0.1, -0.05) is 32.1 Å². The van der Waals surface area contributed by atoms with Gasteiger partial charge < -0.3 is 9.73 Å². The molecule has 0 spiro atoms. The fourth-order valence-corrected chi connectivity index (χ4v) is 2.30. The Labute approximate surface area is 96.8 Å². The van der Waals surface area contributed by atoms with Crippen molar-refractivity contribution in [2.75, 3.05) is 0 Å². The third kappa shape index (κ3) is 3.59. The normalized spacial score (nSPS) is 19.3. The van der Waals surface area contributed by atoms with E-state index in [1.807, 2.05) is 6.92 Å². The Bertz CT molecular complexity index is 303. The average Bonchev–Trinajstić information content (AvgIpc) is 2.63. The highest BCUT2D eigenvalue weighted by atomic mass is 16.4. The minimum absolute atomic E-state index is 0.632. The van der Waals surface area contributed by atoms with Crippen LogP contribution in [0.15, 0.2) is 4.42 Å². The van der Waals surface area contributed by atoms with Gasteiger partial charge in [0.1, 0.15) is 0 Å². The Balaban J connectivity index is 1.75. The summed E-state index contributed by atoms with van der Waals surface area (Å²) in [5.74, 6) is 1.36. The smallest absolute Gasteiger partial charge is 0.230 e. The van der Waals surface area contributed by atoms with Crippen LogP contribution in [0.3, 0.4) is 0 Å². The van der Waals surface area contributed by atoms with Crippen molar-refractivity contribution < 1.29 is 4.42 Å². The molecule has 4 heteroatoms. The monoisotopic (exact) mass is 223 g/mol. The molecule has 0 unspecified atom stereocenters. The molecule has 2 rings (SSSR count). The molecule has 1 fully saturated rings. The second-order valence-electron chi connectivity index (χ2n) is 4.64. The quantitative estimate of drug-likeness (QED) is 0.855. The molecule has 4 nitrogen and oxygen atoms in total. The van der Waals surface area contributed by atoms with Crippen molar-refractivity contribution in [1.82, 2.24) is 15.5 Å². The van der Waals surface area contributed by atoms with Crippen LogP contribution >= 0.6 is 0 Å². The van der Waals surface area contributed by atoms with E-state index in [4.69, 9.17) is 4.42 Å². The lowest BCUT2D eigenvalue weighted by atomic mass is 9.97. The first-order valence-corrected chi connectivity index (χ1v) is 6.37. The van der Waals surface area contributed by atoms with Crippen molar-refractivity contribution >= 4 is 0 Å². The molecule has 1 aliphatic rings. The highest BCUT2D eigenvalue weighted by Gasteiger charge is 2.11. The third-order valence-electron chi connectivity index (χ3n) is 3.22. The Kier molecular flexibility index (Phi) is 4.34. The first kappa shape index (κ1) is 11.6. The van der Waals surface area contributed by atoms with E-state index in [2.05, 4.69) is 15.5 Å². The van der Waals surface area contributed by atoms with Gasteiger partial charge in [0, 0.05) is 13.0 Å². The number of aryl methyl sites for hydroxylation is 1. The summed E-state index contributed by atoms with van der Waals surface area (Å²) in [5.41, 5.74) is 0. The first-order valence-electron chi connectivity index (χ1n) is 6.37. The maximum atomic E-state index is 5.35. The van der Waals surface area contributed by atoms with Crippen LogP contribution in [0.2, 0.25) is 0 Å². The van der Waals surface area contributed by atoms with Crippen molar-refractivity contribution in [3.63, 3.8) is 0 Å². The zero-order chi connectivity index (χ0) is 11.2. The van der Waals surface area contributed by atoms with Crippen molar-refractivity contribution in [3.8, 4) is 0 Å². The van der Waals surface area contributed by atoms with E-state index in [-0.39, 0.29) is 0 Å². The van der Waals surface area contributed by atoms with E-state index in [0.29, 0.717) is 24.4 Å². The van der Waals surface area contributed by atoms with Crippen LogP contribution in [0.5, 0.6) is 0 Å². The van der Waals surface area contributed by atoms with Gasteiger partial charge in [-0.2, -0.15) is 0 Å². The summed E-state index contributed by atoms with van der Waals surface area (Å²) in [5, 5.41) is 11.3. The van der Waals surface area contributed by atoms with Crippen molar-refractivity contribution in [1.29, 1.82) is 0 Å². The number of rotatable bonds is 3. The van der Waals surface area contributed by atoms with Crippen molar-refractivity contribution in [2.24, 2.45) is 0 Å². The number of aromatic nitrogens is 2. The Morgan fingerprint density at radius 1 is 1.12 bits per heavy atom. The standard InChI is InChI=1S/C12H21N3O/c1-10-14-15-12(16-10)9-13-11-7-5-3-2-4-6-8-11/h11,13H,2-9H2,1H3. The highest BCUT2D eigenvalue weighted by Crippen LogP contribution is 2.17. The van der Waals surface area contributed by atoms with Crippen LogP contribution < -0.4 is 5.32 Å². The van der Waals surface area contributed by atoms with Gasteiger partial charge in [-0.25, -0.2) is 0 Å². The maximum Gasteiger partial charge on any atom is 0.230 e. The van der Waals surface area contributed by atoms with Gasteiger partial charge in [0.15, 0.2) is 0 Å². The van der Waals surface area contributed by atoms with Crippen LogP contribution in [-0.4, -0.2) is 16.2 Å². The van der Waals surface area contributed by atoms with E-state index in [9.17, 15) is 0 Å². The summed E-state index contributed by atoms with van der Waals surface area (Å²) < 4.78 is 5.35. The van der Waals surface area contributed by atoms with Crippen LogP contribution in [0, 0.1) is 6.92 Å². The molecule has 0 radical (unpaired) electrons. The predicted octanol–water partition coefficient (Wildman–Crippen LogP) is 2.58. The summed E-state index contributed by atoms with van der Waals surface area (Å²) in [7, 11) is 0. The molecule has 0 bridgehead atoms. The van der Waals surface area contributed by atoms with Crippen LogP contribution in [0.4, 0.5) is 0 Å². The van der Waals surface area contributed by atoms with Crippen LogP contribution in [-0.2, 0) is 6.54 Å². The van der Waals surface area contributed by atoms with E-state index >= 15 is 0 Å². The molecule has 0 amide bonds. The van der Waals surface area contributed by atoms with Gasteiger partial charge in [0.25, 0.3) is 0 Å². The molecule has 16 heavy (non-hydrogen) atoms. The average molecular weight is 223 g/mol. The molecule has 1 aromatic rings. The number of nitrogens with zero attached hydrogens (tertiary/aromatic N) is 2. The largest absolute Gasteiger partial charge is 0.424 e. The maximum absolute atomic E-state index is 5.35. The predicted molar refractivity (Wildman–Crippen MR) is 62.0 cm³/mol. The van der Waals surface area contributed by atoms with Gasteiger partial charge in [-0.05, 0) is 12.8 Å². The molecule has 1 saturated carbocycles. The second kappa shape index (κ2) is 5.99. The summed E-state index contributed by atoms with van der Waals surface area (Å²) in [6.45, 7) is 2.54. The Morgan fingerprint density at radius 2 is 1.81 bits per heavy atom. The molecular formula is C12H21N3O. The lowest BCUT2D eigenvalue weighted by Gasteiger charge is -2.20. The molecule has 1 aromatic heterocycles. The molecule has 1 aliphatic carbocycles.